The third kappa shape index (κ3) is 5.48. The van der Waals surface area contributed by atoms with Gasteiger partial charge in [-0.25, -0.2) is 4.79 Å². The third-order valence-corrected chi connectivity index (χ3v) is 5.32. The van der Waals surface area contributed by atoms with Crippen molar-refractivity contribution in [1.82, 2.24) is 29.3 Å². The maximum atomic E-state index is 12.4. The highest BCUT2D eigenvalue weighted by Crippen LogP contribution is 2.18. The average Bonchev–Trinajstić information content (AvgIpc) is 3.07. The van der Waals surface area contributed by atoms with Gasteiger partial charge in [0.15, 0.2) is 11.5 Å². The van der Waals surface area contributed by atoms with Crippen LogP contribution in [0.2, 0.25) is 0 Å². The molecule has 1 aliphatic rings. The molecule has 11 nitrogen and oxygen atoms in total. The van der Waals surface area contributed by atoms with Crippen molar-refractivity contribution in [2.24, 2.45) is 0 Å². The van der Waals surface area contributed by atoms with Crippen LogP contribution in [0.15, 0.2) is 4.79 Å². The van der Waals surface area contributed by atoms with Crippen molar-refractivity contribution in [2.75, 3.05) is 58.7 Å². The van der Waals surface area contributed by atoms with Gasteiger partial charge < -0.3 is 25.1 Å². The molecule has 0 atom stereocenters. The highest BCUT2D eigenvalue weighted by molar-refractivity contribution is 5.81. The minimum absolute atomic E-state index is 0.185. The van der Waals surface area contributed by atoms with Crippen LogP contribution in [0.3, 0.4) is 0 Å². The SMILES string of the molecule is CCCCOc1nc(N)c2[nH]c(=O)n(CCN3CCN(CCC(=O)OC)CC3)c2n1. The Kier molecular flexibility index (Phi) is 7.63. The second-order valence-corrected chi connectivity index (χ2v) is 7.38. The van der Waals surface area contributed by atoms with Crippen LogP contribution in [0.4, 0.5) is 5.82 Å². The van der Waals surface area contributed by atoms with Gasteiger partial charge in [-0.3, -0.25) is 14.3 Å². The fourth-order valence-corrected chi connectivity index (χ4v) is 3.44. The molecule has 3 N–H and O–H groups in total. The molecule has 0 spiro atoms. The number of ether oxygens (including phenoxy) is 2. The van der Waals surface area contributed by atoms with Crippen molar-refractivity contribution in [3.05, 3.63) is 10.5 Å². The summed E-state index contributed by atoms with van der Waals surface area (Å²) in [5.74, 6) is 0.0250. The Morgan fingerprint density at radius 3 is 2.50 bits per heavy atom. The Hall–Kier alpha value is -2.66. The van der Waals surface area contributed by atoms with E-state index in [0.29, 0.717) is 43.8 Å². The summed E-state index contributed by atoms with van der Waals surface area (Å²) in [4.78, 5) is 39.6. The maximum Gasteiger partial charge on any atom is 0.327 e. The van der Waals surface area contributed by atoms with Crippen LogP contribution in [0, 0.1) is 0 Å². The zero-order chi connectivity index (χ0) is 21.5. The highest BCUT2D eigenvalue weighted by Gasteiger charge is 2.19. The molecule has 1 fully saturated rings. The number of nitrogens with two attached hydrogens (primary N) is 1. The number of hydrogen-bond acceptors (Lipinski definition) is 9. The fourth-order valence-electron chi connectivity index (χ4n) is 3.44. The molecular weight excluding hydrogens is 390 g/mol. The molecule has 0 unspecified atom stereocenters. The smallest absolute Gasteiger partial charge is 0.327 e. The van der Waals surface area contributed by atoms with Crippen LogP contribution >= 0.6 is 0 Å². The molecule has 3 heterocycles. The first kappa shape index (κ1) is 22.0. The zero-order valence-corrected chi connectivity index (χ0v) is 17.7. The summed E-state index contributed by atoms with van der Waals surface area (Å²) in [6.07, 6.45) is 2.31. The standard InChI is InChI=1S/C19H31N7O4/c1-3-4-13-30-18-22-16(20)15-17(23-18)26(19(28)21-15)12-11-25-9-7-24(8-10-25)6-5-14(27)29-2/h3-13H2,1-2H3,(H,21,28)(H2,20,22,23). The van der Waals surface area contributed by atoms with Gasteiger partial charge >= 0.3 is 17.7 Å². The number of imidazole rings is 1. The minimum Gasteiger partial charge on any atom is -0.469 e. The number of methoxy groups -OCH3 is 1. The van der Waals surface area contributed by atoms with Gasteiger partial charge in [-0.15, -0.1) is 0 Å². The van der Waals surface area contributed by atoms with E-state index in [2.05, 4.69) is 31.7 Å². The maximum absolute atomic E-state index is 12.4. The first-order chi connectivity index (χ1) is 14.5. The van der Waals surface area contributed by atoms with Crippen molar-refractivity contribution in [3.8, 4) is 6.01 Å². The fraction of sp³-hybridized carbons (Fsp3) is 0.684. The van der Waals surface area contributed by atoms with E-state index in [1.807, 2.05) is 0 Å². The molecule has 0 bridgehead atoms. The number of nitrogens with one attached hydrogen (secondary N) is 1. The molecule has 0 radical (unpaired) electrons. The number of hydrogen-bond donors (Lipinski definition) is 2. The molecule has 1 aliphatic heterocycles. The lowest BCUT2D eigenvalue weighted by Crippen LogP contribution is -2.47. The Labute approximate surface area is 175 Å². The molecule has 0 aromatic carbocycles. The summed E-state index contributed by atoms with van der Waals surface area (Å²) in [6.45, 7) is 8.01. The van der Waals surface area contributed by atoms with Crippen molar-refractivity contribution >= 4 is 23.0 Å². The lowest BCUT2D eigenvalue weighted by Gasteiger charge is -2.34. The molecule has 0 amide bonds. The molecule has 2 aromatic heterocycles. The first-order valence-electron chi connectivity index (χ1n) is 10.4. The van der Waals surface area contributed by atoms with Gasteiger partial charge in [0.25, 0.3) is 0 Å². The summed E-state index contributed by atoms with van der Waals surface area (Å²) in [6, 6.07) is 0.195. The number of rotatable bonds is 10. The second kappa shape index (κ2) is 10.4. The number of aromatic nitrogens is 4. The van der Waals surface area contributed by atoms with Crippen molar-refractivity contribution in [1.29, 1.82) is 0 Å². The molecule has 30 heavy (non-hydrogen) atoms. The number of aromatic amines is 1. The number of piperazine rings is 1. The largest absolute Gasteiger partial charge is 0.469 e. The third-order valence-electron chi connectivity index (χ3n) is 5.32. The van der Waals surface area contributed by atoms with Crippen LogP contribution in [0.25, 0.3) is 11.2 Å². The molecule has 11 heteroatoms. The van der Waals surface area contributed by atoms with Gasteiger partial charge in [0.1, 0.15) is 5.52 Å². The van der Waals surface area contributed by atoms with E-state index in [0.717, 1.165) is 39.0 Å². The van der Waals surface area contributed by atoms with Crippen molar-refractivity contribution in [3.63, 3.8) is 0 Å². The number of unbranched alkanes of at least 4 members (excludes halogenated alkanes) is 1. The molecule has 0 saturated carbocycles. The zero-order valence-electron chi connectivity index (χ0n) is 17.7. The van der Waals surface area contributed by atoms with Crippen molar-refractivity contribution < 1.29 is 14.3 Å². The summed E-state index contributed by atoms with van der Waals surface area (Å²) >= 11 is 0. The Morgan fingerprint density at radius 1 is 1.13 bits per heavy atom. The Bertz CT molecular complexity index is 902. The van der Waals surface area contributed by atoms with E-state index in [1.54, 1.807) is 4.57 Å². The van der Waals surface area contributed by atoms with Crippen molar-refractivity contribution in [2.45, 2.75) is 32.7 Å². The number of fused-ring (bicyclic) bond motifs is 1. The molecule has 2 aromatic rings. The lowest BCUT2D eigenvalue weighted by molar-refractivity contribution is -0.141. The van der Waals surface area contributed by atoms with Crippen LogP contribution in [0.5, 0.6) is 6.01 Å². The molecule has 0 aliphatic carbocycles. The van der Waals surface area contributed by atoms with Crippen LogP contribution < -0.4 is 16.2 Å². The highest BCUT2D eigenvalue weighted by atomic mass is 16.5. The molecular formula is C19H31N7O4. The van der Waals surface area contributed by atoms with Gasteiger partial charge in [-0.05, 0) is 6.42 Å². The van der Waals surface area contributed by atoms with E-state index in [9.17, 15) is 9.59 Å². The van der Waals surface area contributed by atoms with Crippen LogP contribution in [-0.2, 0) is 16.1 Å². The van der Waals surface area contributed by atoms with Gasteiger partial charge in [0.2, 0.25) is 0 Å². The normalized spacial score (nSPS) is 15.5. The Balaban J connectivity index is 1.59. The van der Waals surface area contributed by atoms with Gasteiger partial charge in [0, 0.05) is 45.8 Å². The number of esters is 1. The van der Waals surface area contributed by atoms with E-state index < -0.39 is 0 Å². The summed E-state index contributed by atoms with van der Waals surface area (Å²) in [7, 11) is 1.41. The second-order valence-electron chi connectivity index (χ2n) is 7.38. The monoisotopic (exact) mass is 421 g/mol. The van der Waals surface area contributed by atoms with E-state index >= 15 is 0 Å². The van der Waals surface area contributed by atoms with E-state index in [-0.39, 0.29) is 23.5 Å². The van der Waals surface area contributed by atoms with E-state index in [4.69, 9.17) is 15.2 Å². The number of anilines is 1. The molecule has 166 valence electrons. The Morgan fingerprint density at radius 2 is 1.83 bits per heavy atom. The number of nitrogen functional groups attached to an aromatic ring is 1. The quantitative estimate of drug-likeness (QED) is 0.404. The topological polar surface area (TPSA) is 132 Å². The predicted molar refractivity (Wildman–Crippen MR) is 112 cm³/mol. The average molecular weight is 422 g/mol. The lowest BCUT2D eigenvalue weighted by atomic mass is 10.3. The summed E-state index contributed by atoms with van der Waals surface area (Å²) in [5.41, 5.74) is 6.65. The summed E-state index contributed by atoms with van der Waals surface area (Å²) in [5, 5.41) is 0. The molecule has 3 rings (SSSR count). The van der Waals surface area contributed by atoms with Gasteiger partial charge in [0.05, 0.1) is 20.1 Å². The minimum atomic E-state index is -0.256. The number of nitrogens with zero attached hydrogens (tertiary/aromatic N) is 5. The summed E-state index contributed by atoms with van der Waals surface area (Å²) < 4.78 is 11.9. The van der Waals surface area contributed by atoms with Gasteiger partial charge in [-0.1, -0.05) is 13.3 Å². The van der Waals surface area contributed by atoms with Crippen LogP contribution in [-0.4, -0.2) is 88.3 Å². The van der Waals surface area contributed by atoms with E-state index in [1.165, 1.54) is 7.11 Å². The predicted octanol–water partition coefficient (Wildman–Crippen LogP) is 0.0614. The first-order valence-corrected chi connectivity index (χ1v) is 10.4. The van der Waals surface area contributed by atoms with Gasteiger partial charge in [-0.2, -0.15) is 9.97 Å². The molecule has 1 saturated heterocycles. The number of carbonyl (C=O) groups excluding carboxylic acids is 1. The van der Waals surface area contributed by atoms with Crippen LogP contribution in [0.1, 0.15) is 26.2 Å². The number of carbonyl (C=O) groups is 1. The number of H-pyrrole nitrogens is 1.